The third-order valence-electron chi connectivity index (χ3n) is 8.61. The molecule has 4 heteroatoms. The van der Waals surface area contributed by atoms with E-state index in [9.17, 15) is 5.26 Å². The van der Waals surface area contributed by atoms with E-state index in [1.807, 2.05) is 40.1 Å². The first kappa shape index (κ1) is 26.2. The van der Waals surface area contributed by atoms with Crippen LogP contribution in [0.3, 0.4) is 0 Å². The number of nitriles is 1. The molecule has 40 heavy (non-hydrogen) atoms. The molecule has 0 radical (unpaired) electrons. The van der Waals surface area contributed by atoms with Gasteiger partial charge in [0, 0.05) is 11.6 Å². The summed E-state index contributed by atoms with van der Waals surface area (Å²) in [6.45, 7) is 13.0. The third kappa shape index (κ3) is 3.84. The van der Waals surface area contributed by atoms with Crippen LogP contribution in [0.1, 0.15) is 37.5 Å². The van der Waals surface area contributed by atoms with Gasteiger partial charge >= 0.3 is 0 Å². The molecule has 198 valence electrons. The van der Waals surface area contributed by atoms with Gasteiger partial charge in [0.25, 0.3) is 0 Å². The van der Waals surface area contributed by atoms with E-state index in [4.69, 9.17) is 0 Å². The number of hydrogen-bond acceptors (Lipinski definition) is 1. The van der Waals surface area contributed by atoms with E-state index >= 15 is 4.39 Å². The topological polar surface area (TPSA) is 27.7 Å². The van der Waals surface area contributed by atoms with Gasteiger partial charge in [-0.1, -0.05) is 88.5 Å². The van der Waals surface area contributed by atoms with Crippen LogP contribution in [0, 0.1) is 24.1 Å². The van der Waals surface area contributed by atoms with Crippen LogP contribution < -0.4 is 14.9 Å². The Kier molecular flexibility index (Phi) is 5.87. The normalized spacial score (nSPS) is 13.7. The quantitative estimate of drug-likeness (QED) is 0.169. The molecule has 0 fully saturated rings. The van der Waals surface area contributed by atoms with Crippen LogP contribution in [0.4, 0.5) is 4.39 Å². The minimum absolute atomic E-state index is 0.170. The lowest BCUT2D eigenvalue weighted by Crippen LogP contribution is -2.52. The molecule has 1 aliphatic heterocycles. The van der Waals surface area contributed by atoms with E-state index in [0.29, 0.717) is 11.1 Å². The number of aryl methyl sites for hydroxylation is 2. The maximum absolute atomic E-state index is 15.6. The molecule has 0 saturated carbocycles. The summed E-state index contributed by atoms with van der Waals surface area (Å²) in [5.41, 5.74) is 8.79. The van der Waals surface area contributed by atoms with Crippen LogP contribution in [0.5, 0.6) is 0 Å². The van der Waals surface area contributed by atoms with Gasteiger partial charge in [-0.25, -0.2) is 8.96 Å². The molecule has 2 nitrogen and oxygen atoms in total. The number of aromatic nitrogens is 1. The van der Waals surface area contributed by atoms with E-state index < -0.39 is 8.07 Å². The maximum Gasteiger partial charge on any atom is 0.215 e. The molecule has 4 aromatic carbocycles. The Hall–Kier alpha value is -4.07. The fourth-order valence-corrected chi connectivity index (χ4v) is 10.6. The van der Waals surface area contributed by atoms with Crippen molar-refractivity contribution in [1.82, 2.24) is 0 Å². The first-order chi connectivity index (χ1) is 18.9. The highest BCUT2D eigenvalue weighted by Gasteiger charge is 2.44. The molecule has 0 N–H and O–H groups in total. The van der Waals surface area contributed by atoms with Crippen molar-refractivity contribution in [3.8, 4) is 39.6 Å². The number of halogens is 1. The van der Waals surface area contributed by atoms with Gasteiger partial charge in [-0.3, -0.25) is 0 Å². The van der Waals surface area contributed by atoms with E-state index in [1.54, 1.807) is 6.07 Å². The first-order valence-electron chi connectivity index (χ1n) is 13.8. The molecule has 2 heterocycles. The second kappa shape index (κ2) is 8.98. The first-order valence-corrected chi connectivity index (χ1v) is 16.8. The fraction of sp³-hybridized carbons (Fsp3) is 0.222. The van der Waals surface area contributed by atoms with Gasteiger partial charge < -0.3 is 0 Å². The highest BCUT2D eigenvalue weighted by molar-refractivity contribution is 7.05. The van der Waals surface area contributed by atoms with Gasteiger partial charge in [-0.05, 0) is 73.4 Å². The van der Waals surface area contributed by atoms with Gasteiger partial charge in [0.15, 0.2) is 6.20 Å². The summed E-state index contributed by atoms with van der Waals surface area (Å²) in [4.78, 5) is 0. The predicted octanol–water partition coefficient (Wildman–Crippen LogP) is 7.42. The molecule has 0 aliphatic carbocycles. The SMILES string of the molecule is Cc1ccc2c(c1-c1cc(F)c(C(C)(C)C)c[n+]1C)[Si](C)(C)c1c-2ccc(C#N)c1-c1ccc2ccccc2c1. The minimum Gasteiger partial charge on any atom is -0.206 e. The Morgan fingerprint density at radius 1 is 0.825 bits per heavy atom. The van der Waals surface area contributed by atoms with Gasteiger partial charge in [0.1, 0.15) is 20.9 Å². The van der Waals surface area contributed by atoms with Crippen LogP contribution in [-0.2, 0) is 12.5 Å². The average molecular weight is 542 g/mol. The van der Waals surface area contributed by atoms with Crippen LogP contribution in [0.2, 0.25) is 13.1 Å². The molecule has 0 amide bonds. The number of hydrogen-bond donors (Lipinski definition) is 0. The third-order valence-corrected chi connectivity index (χ3v) is 12.1. The monoisotopic (exact) mass is 541 g/mol. The molecule has 0 saturated heterocycles. The molecule has 0 spiro atoms. The number of nitrogens with zero attached hydrogens (tertiary/aromatic N) is 2. The maximum atomic E-state index is 15.6. The minimum atomic E-state index is -2.36. The van der Waals surface area contributed by atoms with Gasteiger partial charge in [0.2, 0.25) is 5.69 Å². The van der Waals surface area contributed by atoms with Crippen molar-refractivity contribution >= 4 is 29.2 Å². The Morgan fingerprint density at radius 3 is 2.15 bits per heavy atom. The highest BCUT2D eigenvalue weighted by atomic mass is 28.3. The number of rotatable bonds is 2. The van der Waals surface area contributed by atoms with Crippen molar-refractivity contribution in [1.29, 1.82) is 5.26 Å². The summed E-state index contributed by atoms with van der Waals surface area (Å²) in [6.07, 6.45) is 1.95. The second-order valence-corrected chi connectivity index (χ2v) is 16.9. The van der Waals surface area contributed by atoms with Gasteiger partial charge in [0.05, 0.1) is 17.2 Å². The Labute approximate surface area is 237 Å². The molecule has 0 unspecified atom stereocenters. The smallest absolute Gasteiger partial charge is 0.206 e. The largest absolute Gasteiger partial charge is 0.215 e. The van der Waals surface area contributed by atoms with Crippen LogP contribution >= 0.6 is 0 Å². The lowest BCUT2D eigenvalue weighted by molar-refractivity contribution is -0.661. The zero-order chi connectivity index (χ0) is 28.6. The van der Waals surface area contributed by atoms with Crippen LogP contribution in [0.15, 0.2) is 79.0 Å². The number of pyridine rings is 1. The molecule has 1 aromatic heterocycles. The predicted molar refractivity (Wildman–Crippen MR) is 166 cm³/mol. The van der Waals surface area contributed by atoms with Crippen LogP contribution in [-0.4, -0.2) is 8.07 Å². The summed E-state index contributed by atoms with van der Waals surface area (Å²) < 4.78 is 17.7. The van der Waals surface area contributed by atoms with Crippen LogP contribution in [0.25, 0.3) is 44.3 Å². The molecule has 0 bridgehead atoms. The van der Waals surface area contributed by atoms with E-state index in [1.165, 1.54) is 26.9 Å². The summed E-state index contributed by atoms with van der Waals surface area (Å²) in [6, 6.07) is 27.6. The van der Waals surface area contributed by atoms with E-state index in [-0.39, 0.29) is 11.2 Å². The zero-order valence-corrected chi connectivity index (χ0v) is 25.3. The highest BCUT2D eigenvalue weighted by Crippen LogP contribution is 2.39. The molecular weight excluding hydrogens is 507 g/mol. The van der Waals surface area contributed by atoms with Crippen molar-refractivity contribution in [2.75, 3.05) is 0 Å². The standard InChI is InChI=1S/C36H34FN2Si/c1-22-12-16-27-28-17-15-26(20-38)33(25-14-13-23-10-8-9-11-24(23)18-25)35(28)40(6,7)34(27)32(22)31-19-30(37)29(21-39(31)5)36(2,3)4/h8-19,21H,1-7H3/q+1. The van der Waals surface area contributed by atoms with E-state index in [2.05, 4.69) is 91.3 Å². The molecular formula is C36H34FN2Si+. The van der Waals surface area contributed by atoms with Crippen molar-refractivity contribution in [2.45, 2.75) is 46.2 Å². The van der Waals surface area contributed by atoms with Gasteiger partial charge in [-0.15, -0.1) is 0 Å². The lowest BCUT2D eigenvalue weighted by Gasteiger charge is -2.26. The van der Waals surface area contributed by atoms with Crippen molar-refractivity contribution in [3.63, 3.8) is 0 Å². The average Bonchev–Trinajstić information content (AvgIpc) is 3.15. The molecule has 0 atom stereocenters. The Morgan fingerprint density at radius 2 is 1.48 bits per heavy atom. The van der Waals surface area contributed by atoms with E-state index in [0.717, 1.165) is 33.3 Å². The summed E-state index contributed by atoms with van der Waals surface area (Å²) in [5.74, 6) is -0.170. The summed E-state index contributed by atoms with van der Waals surface area (Å²) >= 11 is 0. The summed E-state index contributed by atoms with van der Waals surface area (Å²) in [5, 5.41) is 15.2. The molecule has 1 aliphatic rings. The van der Waals surface area contributed by atoms with Crippen molar-refractivity contribution in [2.24, 2.45) is 7.05 Å². The van der Waals surface area contributed by atoms with Gasteiger partial charge in [-0.2, -0.15) is 5.26 Å². The van der Waals surface area contributed by atoms with Crippen molar-refractivity contribution in [3.05, 3.63) is 102 Å². The lowest BCUT2D eigenvalue weighted by atomic mass is 9.87. The number of fused-ring (bicyclic) bond motifs is 4. The second-order valence-electron chi connectivity index (χ2n) is 12.7. The number of benzene rings is 4. The Balaban J connectivity index is 1.65. The zero-order valence-electron chi connectivity index (χ0n) is 24.3. The molecule has 6 rings (SSSR count). The Bertz CT molecular complexity index is 1900. The molecule has 5 aromatic rings. The van der Waals surface area contributed by atoms with Crippen molar-refractivity contribution < 1.29 is 8.96 Å². The summed E-state index contributed by atoms with van der Waals surface area (Å²) in [7, 11) is -0.339. The fourth-order valence-electron chi connectivity index (χ4n) is 6.67.